The Kier molecular flexibility index (Phi) is 3.61. The van der Waals surface area contributed by atoms with Crippen LogP contribution < -0.4 is 19.6 Å². The fourth-order valence-electron chi connectivity index (χ4n) is 1.93. The predicted octanol–water partition coefficient (Wildman–Crippen LogP) is 1.35. The van der Waals surface area contributed by atoms with Crippen molar-refractivity contribution in [2.75, 3.05) is 12.1 Å². The van der Waals surface area contributed by atoms with Gasteiger partial charge >= 0.3 is 0 Å². The lowest BCUT2D eigenvalue weighted by molar-refractivity contribution is -0.117. The third-order valence-electron chi connectivity index (χ3n) is 2.93. The summed E-state index contributed by atoms with van der Waals surface area (Å²) in [4.78, 5) is 12.3. The Bertz CT molecular complexity index is 737. The van der Waals surface area contributed by atoms with Crippen molar-refractivity contribution < 1.29 is 14.3 Å². The highest BCUT2D eigenvalue weighted by molar-refractivity contribution is 7.08. The molecule has 0 atom stereocenters. The number of hydrogen-bond donors (Lipinski definition) is 2. The van der Waals surface area contributed by atoms with Crippen LogP contribution in [0.15, 0.2) is 18.2 Å². The van der Waals surface area contributed by atoms with Gasteiger partial charge in [0.05, 0.1) is 0 Å². The fraction of sp³-hybridized carbons (Fsp3) is 0.308. The molecule has 0 saturated heterocycles. The zero-order chi connectivity index (χ0) is 14.8. The van der Waals surface area contributed by atoms with E-state index in [0.717, 1.165) is 11.4 Å². The highest BCUT2D eigenvalue weighted by Gasteiger charge is 2.14. The number of rotatable bonds is 4. The van der Waals surface area contributed by atoms with Gasteiger partial charge in [0.2, 0.25) is 17.5 Å². The number of aromatic nitrogens is 2. The van der Waals surface area contributed by atoms with Crippen LogP contribution >= 0.6 is 11.3 Å². The van der Waals surface area contributed by atoms with Crippen LogP contribution in [-0.2, 0) is 17.8 Å². The molecule has 1 amide bonds. The third-order valence-corrected chi connectivity index (χ3v) is 3.94. The molecule has 0 saturated carbocycles. The van der Waals surface area contributed by atoms with Gasteiger partial charge in [0, 0.05) is 11.8 Å². The second kappa shape index (κ2) is 5.57. The Labute approximate surface area is 124 Å². The summed E-state index contributed by atoms with van der Waals surface area (Å²) in [5.74, 6) is 1.05. The van der Waals surface area contributed by atoms with Crippen LogP contribution in [0.25, 0.3) is 0 Å². The van der Waals surface area contributed by atoms with Gasteiger partial charge in [-0.2, -0.15) is 5.10 Å². The van der Waals surface area contributed by atoms with Crippen LogP contribution in [0.5, 0.6) is 11.5 Å². The molecule has 2 N–H and O–H groups in total. The molecule has 8 heteroatoms. The van der Waals surface area contributed by atoms with Crippen molar-refractivity contribution in [3.05, 3.63) is 28.0 Å². The lowest BCUT2D eigenvalue weighted by Crippen LogP contribution is -2.25. The van der Waals surface area contributed by atoms with E-state index < -0.39 is 0 Å². The summed E-state index contributed by atoms with van der Waals surface area (Å²) in [7, 11) is 0. The average molecular weight is 306 g/mol. The monoisotopic (exact) mass is 306 g/mol. The molecule has 0 aliphatic carbocycles. The fourth-order valence-corrected chi connectivity index (χ4v) is 2.64. The van der Waals surface area contributed by atoms with Crippen molar-refractivity contribution >= 4 is 22.9 Å². The maximum atomic E-state index is 12.0. The van der Waals surface area contributed by atoms with Crippen molar-refractivity contribution in [1.29, 1.82) is 5.41 Å². The third kappa shape index (κ3) is 2.89. The average Bonchev–Trinajstić information content (AvgIpc) is 3.05. The van der Waals surface area contributed by atoms with Gasteiger partial charge in [0.1, 0.15) is 11.6 Å². The number of benzene rings is 1. The van der Waals surface area contributed by atoms with Gasteiger partial charge in [-0.25, -0.2) is 4.68 Å². The number of carbonyl (C=O) groups excluding carboxylic acids is 1. The number of anilines is 1. The number of amides is 1. The van der Waals surface area contributed by atoms with E-state index in [-0.39, 0.29) is 24.0 Å². The van der Waals surface area contributed by atoms with Gasteiger partial charge in [-0.1, -0.05) is 18.3 Å². The van der Waals surface area contributed by atoms with Gasteiger partial charge in [-0.3, -0.25) is 10.2 Å². The minimum atomic E-state index is -0.236. The van der Waals surface area contributed by atoms with Crippen molar-refractivity contribution in [2.24, 2.45) is 0 Å². The van der Waals surface area contributed by atoms with Crippen LogP contribution in [0, 0.1) is 5.41 Å². The maximum Gasteiger partial charge on any atom is 0.246 e. The smallest absolute Gasteiger partial charge is 0.246 e. The SMILES string of the molecule is CCc1nn(CC(=O)Nc2ccc3c(c2)OCO3)c(=N)s1. The Morgan fingerprint density at radius 2 is 2.29 bits per heavy atom. The van der Waals surface area contributed by atoms with E-state index in [0.29, 0.717) is 17.2 Å². The first-order valence-electron chi connectivity index (χ1n) is 6.46. The molecule has 1 aromatic carbocycles. The van der Waals surface area contributed by atoms with E-state index in [1.54, 1.807) is 18.2 Å². The summed E-state index contributed by atoms with van der Waals surface area (Å²) in [6.07, 6.45) is 0.757. The molecule has 0 bridgehead atoms. The largest absolute Gasteiger partial charge is 0.454 e. The second-order valence-electron chi connectivity index (χ2n) is 4.43. The summed E-state index contributed by atoms with van der Waals surface area (Å²) in [6.45, 7) is 2.18. The van der Waals surface area contributed by atoms with Gasteiger partial charge < -0.3 is 14.8 Å². The van der Waals surface area contributed by atoms with E-state index >= 15 is 0 Å². The van der Waals surface area contributed by atoms with E-state index in [2.05, 4.69) is 10.4 Å². The summed E-state index contributed by atoms with van der Waals surface area (Å²) in [5.41, 5.74) is 0.627. The Morgan fingerprint density at radius 1 is 1.48 bits per heavy atom. The minimum Gasteiger partial charge on any atom is -0.454 e. The van der Waals surface area contributed by atoms with Crippen LogP contribution in [0.2, 0.25) is 0 Å². The number of nitrogens with one attached hydrogen (secondary N) is 2. The molecule has 21 heavy (non-hydrogen) atoms. The number of hydrogen-bond acceptors (Lipinski definition) is 6. The lowest BCUT2D eigenvalue weighted by Gasteiger charge is -2.06. The van der Waals surface area contributed by atoms with Crippen molar-refractivity contribution in [1.82, 2.24) is 9.78 Å². The normalized spacial score (nSPS) is 12.4. The summed E-state index contributed by atoms with van der Waals surface area (Å²) in [6, 6.07) is 5.21. The number of aryl methyl sites for hydroxylation is 1. The van der Waals surface area contributed by atoms with Crippen LogP contribution in [0.1, 0.15) is 11.9 Å². The Morgan fingerprint density at radius 3 is 3.05 bits per heavy atom. The lowest BCUT2D eigenvalue weighted by atomic mass is 10.3. The zero-order valence-electron chi connectivity index (χ0n) is 11.4. The molecule has 110 valence electrons. The summed E-state index contributed by atoms with van der Waals surface area (Å²) >= 11 is 1.28. The molecular weight excluding hydrogens is 292 g/mol. The molecule has 2 heterocycles. The number of carbonyl (C=O) groups is 1. The zero-order valence-corrected chi connectivity index (χ0v) is 12.2. The molecular formula is C13H14N4O3S. The Balaban J connectivity index is 1.69. The minimum absolute atomic E-state index is 0.0176. The first kappa shape index (κ1) is 13.6. The maximum absolute atomic E-state index is 12.0. The van der Waals surface area contributed by atoms with Crippen LogP contribution in [-0.4, -0.2) is 22.5 Å². The molecule has 0 unspecified atom stereocenters. The highest BCUT2D eigenvalue weighted by Crippen LogP contribution is 2.34. The van der Waals surface area contributed by atoms with Crippen LogP contribution in [0.3, 0.4) is 0 Å². The number of fused-ring (bicyclic) bond motifs is 1. The molecule has 3 rings (SSSR count). The van der Waals surface area contributed by atoms with E-state index in [9.17, 15) is 4.79 Å². The standard InChI is InChI=1S/C13H14N4O3S/c1-2-12-16-17(13(14)21-12)6-11(18)15-8-3-4-9-10(5-8)20-7-19-9/h3-5,14H,2,6-7H2,1H3,(H,15,18). The first-order chi connectivity index (χ1) is 10.2. The quantitative estimate of drug-likeness (QED) is 0.892. The van der Waals surface area contributed by atoms with E-state index in [4.69, 9.17) is 14.9 Å². The van der Waals surface area contributed by atoms with Crippen LogP contribution in [0.4, 0.5) is 5.69 Å². The molecule has 7 nitrogen and oxygen atoms in total. The topological polar surface area (TPSA) is 89.2 Å². The number of nitrogens with zero attached hydrogens (tertiary/aromatic N) is 2. The van der Waals surface area contributed by atoms with Gasteiger partial charge in [-0.05, 0) is 18.6 Å². The van der Waals surface area contributed by atoms with Crippen molar-refractivity contribution in [2.45, 2.75) is 19.9 Å². The van der Waals surface area contributed by atoms with Gasteiger partial charge in [0.25, 0.3) is 0 Å². The van der Waals surface area contributed by atoms with Gasteiger partial charge in [0.15, 0.2) is 11.5 Å². The Hall–Kier alpha value is -2.35. The molecule has 0 spiro atoms. The van der Waals surface area contributed by atoms with Crippen molar-refractivity contribution in [3.63, 3.8) is 0 Å². The molecule has 1 aliphatic rings. The molecule has 1 aromatic heterocycles. The molecule has 0 fully saturated rings. The molecule has 0 radical (unpaired) electrons. The number of ether oxygens (including phenoxy) is 2. The molecule has 2 aromatic rings. The van der Waals surface area contributed by atoms with Crippen molar-refractivity contribution in [3.8, 4) is 11.5 Å². The first-order valence-corrected chi connectivity index (χ1v) is 7.28. The summed E-state index contributed by atoms with van der Waals surface area (Å²) < 4.78 is 11.9. The summed E-state index contributed by atoms with van der Waals surface area (Å²) in [5, 5.41) is 15.6. The second-order valence-corrected chi connectivity index (χ2v) is 5.49. The van der Waals surface area contributed by atoms with Gasteiger partial charge in [-0.15, -0.1) is 0 Å². The highest BCUT2D eigenvalue weighted by atomic mass is 32.1. The van der Waals surface area contributed by atoms with E-state index in [1.807, 2.05) is 6.92 Å². The molecule has 1 aliphatic heterocycles. The predicted molar refractivity (Wildman–Crippen MR) is 76.5 cm³/mol. The van der Waals surface area contributed by atoms with E-state index in [1.165, 1.54) is 16.0 Å².